The lowest BCUT2D eigenvalue weighted by atomic mass is 9.81. The van der Waals surface area contributed by atoms with E-state index in [-0.39, 0.29) is 17.7 Å². The molecule has 55 heavy (non-hydrogen) atoms. The molecule has 0 unspecified atom stereocenters. The van der Waals surface area contributed by atoms with Gasteiger partial charge in [0.25, 0.3) is 5.91 Å². The summed E-state index contributed by atoms with van der Waals surface area (Å²) in [6.45, 7) is 1.64. The highest BCUT2D eigenvalue weighted by molar-refractivity contribution is 6.07. The Morgan fingerprint density at radius 2 is 1.65 bits per heavy atom. The Labute approximate surface area is 323 Å². The Morgan fingerprint density at radius 1 is 0.909 bits per heavy atom. The average Bonchev–Trinajstić information content (AvgIpc) is 3.75. The number of nitrogens with zero attached hydrogens (tertiary/aromatic N) is 2. The van der Waals surface area contributed by atoms with Crippen molar-refractivity contribution in [2.45, 2.75) is 75.8 Å². The molecule has 286 valence electrons. The van der Waals surface area contributed by atoms with Crippen molar-refractivity contribution in [3.05, 3.63) is 101 Å². The maximum absolute atomic E-state index is 14.3. The van der Waals surface area contributed by atoms with Gasteiger partial charge in [-0.25, -0.2) is 4.79 Å². The van der Waals surface area contributed by atoms with E-state index in [9.17, 15) is 19.2 Å². The molecule has 0 spiro atoms. The summed E-state index contributed by atoms with van der Waals surface area (Å²) in [5.41, 5.74) is 6.92. The summed E-state index contributed by atoms with van der Waals surface area (Å²) in [6, 6.07) is 21.4. The van der Waals surface area contributed by atoms with Crippen LogP contribution in [0.4, 0.5) is 5.69 Å². The number of rotatable bonds is 11. The van der Waals surface area contributed by atoms with Crippen LogP contribution >= 0.6 is 0 Å². The third-order valence-corrected chi connectivity index (χ3v) is 11.4. The normalized spacial score (nSPS) is 16.6. The van der Waals surface area contributed by atoms with E-state index < -0.39 is 11.5 Å². The van der Waals surface area contributed by atoms with Crippen LogP contribution in [0, 0.1) is 0 Å². The molecule has 7 rings (SSSR count). The van der Waals surface area contributed by atoms with Crippen molar-refractivity contribution in [2.24, 2.45) is 0 Å². The Kier molecular flexibility index (Phi) is 11.3. The minimum absolute atomic E-state index is 0.0963. The fourth-order valence-corrected chi connectivity index (χ4v) is 8.50. The highest BCUT2D eigenvalue weighted by Crippen LogP contribution is 2.46. The lowest BCUT2D eigenvalue weighted by Crippen LogP contribution is -2.55. The van der Waals surface area contributed by atoms with Crippen molar-refractivity contribution in [2.75, 3.05) is 39.6 Å². The van der Waals surface area contributed by atoms with Gasteiger partial charge < -0.3 is 30.2 Å². The van der Waals surface area contributed by atoms with E-state index in [1.807, 2.05) is 43.3 Å². The number of carbonyl (C=O) groups is 4. The molecule has 10 heteroatoms. The van der Waals surface area contributed by atoms with Gasteiger partial charge in [-0.15, -0.1) is 0 Å². The van der Waals surface area contributed by atoms with Crippen LogP contribution in [0.1, 0.15) is 90.8 Å². The number of nitrogens with one attached hydrogen (secondary N) is 3. The van der Waals surface area contributed by atoms with Crippen LogP contribution in [0.25, 0.3) is 34.3 Å². The Morgan fingerprint density at radius 3 is 2.38 bits per heavy atom. The molecule has 3 aromatic carbocycles. The van der Waals surface area contributed by atoms with Gasteiger partial charge in [0.2, 0.25) is 11.8 Å². The molecule has 4 aromatic rings. The van der Waals surface area contributed by atoms with E-state index in [1.54, 1.807) is 30.3 Å². The summed E-state index contributed by atoms with van der Waals surface area (Å²) in [7, 11) is 5.30. The van der Waals surface area contributed by atoms with Crippen LogP contribution in [0.2, 0.25) is 0 Å². The standard InChI is InChI=1S/C45H51N5O5/c1-49(2)26-25-46-42(52)34-27-32-13-7-8-14-36(32)41-40(31-11-5-4-6-12-31)37-21-18-33(28-38(37)50(41)29-34)43(53)48-45(23-9-10-24-45)44(54)47-35-19-15-30(16-20-35)17-22-39(51)55-3/h7-8,13-22,27-28,31H,4-6,9-12,23-26,29H2,1-3H3,(H,46,52)(H,47,54)(H,48,53). The molecule has 3 N–H and O–H groups in total. The van der Waals surface area contributed by atoms with Crippen LogP contribution in [0.3, 0.4) is 0 Å². The van der Waals surface area contributed by atoms with Crippen molar-refractivity contribution in [1.82, 2.24) is 20.1 Å². The van der Waals surface area contributed by atoms with E-state index in [4.69, 9.17) is 0 Å². The van der Waals surface area contributed by atoms with Gasteiger partial charge >= 0.3 is 5.97 Å². The van der Waals surface area contributed by atoms with Crippen LogP contribution in [0.5, 0.6) is 0 Å². The number of amides is 3. The lowest BCUT2D eigenvalue weighted by molar-refractivity contribution is -0.134. The quantitative estimate of drug-likeness (QED) is 0.110. The number of anilines is 1. The number of hydrogen-bond donors (Lipinski definition) is 3. The van der Waals surface area contributed by atoms with Crippen molar-refractivity contribution >= 4 is 52.4 Å². The topological polar surface area (TPSA) is 122 Å². The van der Waals surface area contributed by atoms with Crippen LogP contribution < -0.4 is 16.0 Å². The number of aromatic nitrogens is 1. The highest BCUT2D eigenvalue weighted by atomic mass is 16.5. The third kappa shape index (κ3) is 8.15. The summed E-state index contributed by atoms with van der Waals surface area (Å²) in [4.78, 5) is 55.5. The van der Waals surface area contributed by atoms with E-state index >= 15 is 0 Å². The van der Waals surface area contributed by atoms with Crippen molar-refractivity contribution in [3.8, 4) is 11.3 Å². The molecule has 2 fully saturated rings. The average molecular weight is 742 g/mol. The molecule has 2 aliphatic carbocycles. The van der Waals surface area contributed by atoms with Crippen LogP contribution in [-0.4, -0.2) is 73.0 Å². The predicted octanol–water partition coefficient (Wildman–Crippen LogP) is 7.30. The molecule has 3 aliphatic rings. The first-order valence-corrected chi connectivity index (χ1v) is 19.5. The zero-order chi connectivity index (χ0) is 38.5. The molecule has 2 saturated carbocycles. The fourth-order valence-electron chi connectivity index (χ4n) is 8.50. The van der Waals surface area contributed by atoms with E-state index in [2.05, 4.69) is 49.5 Å². The summed E-state index contributed by atoms with van der Waals surface area (Å²) in [5.74, 6) is -0.721. The number of hydrogen-bond acceptors (Lipinski definition) is 6. The first-order valence-electron chi connectivity index (χ1n) is 19.5. The van der Waals surface area contributed by atoms with Crippen molar-refractivity contribution in [3.63, 3.8) is 0 Å². The Bertz CT molecular complexity index is 2150. The third-order valence-electron chi connectivity index (χ3n) is 11.4. The maximum Gasteiger partial charge on any atom is 0.330 e. The van der Waals surface area contributed by atoms with Gasteiger partial charge in [-0.3, -0.25) is 14.4 Å². The second kappa shape index (κ2) is 16.5. The van der Waals surface area contributed by atoms with Crippen molar-refractivity contribution in [1.29, 1.82) is 0 Å². The second-order valence-electron chi connectivity index (χ2n) is 15.4. The van der Waals surface area contributed by atoms with Crippen LogP contribution in [0.15, 0.2) is 78.4 Å². The minimum Gasteiger partial charge on any atom is -0.466 e. The number of benzene rings is 3. The summed E-state index contributed by atoms with van der Waals surface area (Å²) >= 11 is 0. The summed E-state index contributed by atoms with van der Waals surface area (Å²) < 4.78 is 6.91. The summed E-state index contributed by atoms with van der Waals surface area (Å²) in [6.07, 6.45) is 13.5. The Hall–Kier alpha value is -5.48. The Balaban J connectivity index is 1.22. The predicted molar refractivity (Wildman–Crippen MR) is 218 cm³/mol. The number of ether oxygens (including phenoxy) is 1. The molecule has 2 heterocycles. The van der Waals surface area contributed by atoms with E-state index in [0.717, 1.165) is 65.5 Å². The molecule has 0 saturated heterocycles. The fraction of sp³-hybridized carbons (Fsp3) is 0.378. The van der Waals surface area contributed by atoms with Gasteiger partial charge in [-0.05, 0) is 98.8 Å². The minimum atomic E-state index is -1.06. The largest absolute Gasteiger partial charge is 0.466 e. The van der Waals surface area contributed by atoms with Gasteiger partial charge in [0, 0.05) is 52.5 Å². The number of likely N-dealkylation sites (N-methyl/N-ethyl adjacent to an activating group) is 1. The van der Waals surface area contributed by atoms with Gasteiger partial charge in [0.1, 0.15) is 5.54 Å². The number of carbonyl (C=O) groups excluding carboxylic acids is 4. The zero-order valence-corrected chi connectivity index (χ0v) is 32.1. The molecule has 1 aliphatic heterocycles. The van der Waals surface area contributed by atoms with E-state index in [1.165, 1.54) is 38.0 Å². The van der Waals surface area contributed by atoms with Crippen molar-refractivity contribution < 1.29 is 23.9 Å². The zero-order valence-electron chi connectivity index (χ0n) is 32.1. The van der Waals surface area contributed by atoms with Crippen LogP contribution in [-0.2, 0) is 25.7 Å². The van der Waals surface area contributed by atoms with Gasteiger partial charge in [-0.2, -0.15) is 0 Å². The molecule has 10 nitrogen and oxygen atoms in total. The molecular formula is C45H51N5O5. The molecule has 3 amide bonds. The molecular weight excluding hydrogens is 691 g/mol. The van der Waals surface area contributed by atoms with Gasteiger partial charge in [0.15, 0.2) is 0 Å². The number of esters is 1. The summed E-state index contributed by atoms with van der Waals surface area (Å²) in [5, 5.41) is 10.4. The monoisotopic (exact) mass is 741 g/mol. The van der Waals surface area contributed by atoms with Gasteiger partial charge in [0.05, 0.1) is 19.3 Å². The first-order chi connectivity index (χ1) is 26.7. The lowest BCUT2D eigenvalue weighted by Gasteiger charge is -2.29. The molecule has 1 aromatic heterocycles. The maximum atomic E-state index is 14.3. The molecule has 0 bridgehead atoms. The SMILES string of the molecule is COC(=O)C=Cc1ccc(NC(=O)C2(NC(=O)c3ccc4c(C5CCCCC5)c5n(c4c3)CC(C(=O)NCCN(C)C)=Cc3ccccc3-5)CCCC2)cc1. The molecule has 0 atom stereocenters. The highest BCUT2D eigenvalue weighted by Gasteiger charge is 2.43. The van der Waals surface area contributed by atoms with E-state index in [0.29, 0.717) is 48.7 Å². The van der Waals surface area contributed by atoms with Gasteiger partial charge in [-0.1, -0.05) is 74.6 Å². The number of methoxy groups -OCH3 is 1. The molecule has 0 radical (unpaired) electrons. The first kappa shape index (κ1) is 37.8. The second-order valence-corrected chi connectivity index (χ2v) is 15.4. The smallest absolute Gasteiger partial charge is 0.330 e. The number of fused-ring (bicyclic) bond motifs is 5.